The summed E-state index contributed by atoms with van der Waals surface area (Å²) in [6, 6.07) is 0. The van der Waals surface area contributed by atoms with Gasteiger partial charge in [-0.1, -0.05) is 6.08 Å². The average molecular weight is 136 g/mol. The van der Waals surface area contributed by atoms with E-state index < -0.39 is 0 Å². The van der Waals surface area contributed by atoms with Gasteiger partial charge in [0.05, 0.1) is 5.70 Å². The number of allylic oxidation sites excluding steroid dienone is 2. The van der Waals surface area contributed by atoms with Gasteiger partial charge in [0, 0.05) is 25.4 Å². The van der Waals surface area contributed by atoms with Gasteiger partial charge in [0.1, 0.15) is 0 Å². The zero-order valence-electron chi connectivity index (χ0n) is 6.39. The molecule has 0 bridgehead atoms. The standard InChI is InChI=1S/C8H12N2/c1-7-4-3-5-8(9-2)6-10-7/h3,5-6,9H,4H2,1-2H3. The molecule has 0 aromatic heterocycles. The van der Waals surface area contributed by atoms with Crippen LogP contribution in [0.4, 0.5) is 0 Å². The van der Waals surface area contributed by atoms with E-state index in [1.165, 1.54) is 0 Å². The number of hydrogen-bond donors (Lipinski definition) is 1. The molecular formula is C8H12N2. The van der Waals surface area contributed by atoms with Crippen molar-refractivity contribution in [3.8, 4) is 0 Å². The fraction of sp³-hybridized carbons (Fsp3) is 0.375. The SMILES string of the molecule is CNC1=CN=C(C)CC=C1. The van der Waals surface area contributed by atoms with Gasteiger partial charge in [-0.05, 0) is 13.0 Å². The highest BCUT2D eigenvalue weighted by Gasteiger charge is 1.92. The summed E-state index contributed by atoms with van der Waals surface area (Å²) in [5.74, 6) is 0. The molecule has 1 rings (SSSR count). The van der Waals surface area contributed by atoms with Crippen molar-refractivity contribution in [2.24, 2.45) is 4.99 Å². The Labute approximate surface area is 61.4 Å². The predicted molar refractivity (Wildman–Crippen MR) is 44.0 cm³/mol. The van der Waals surface area contributed by atoms with Crippen LogP contribution < -0.4 is 5.32 Å². The van der Waals surface area contributed by atoms with Crippen molar-refractivity contribution in [3.63, 3.8) is 0 Å². The Balaban J connectivity index is 2.75. The van der Waals surface area contributed by atoms with Crippen molar-refractivity contribution in [2.75, 3.05) is 7.05 Å². The second-order valence-corrected chi connectivity index (χ2v) is 2.31. The summed E-state index contributed by atoms with van der Waals surface area (Å²) < 4.78 is 0. The lowest BCUT2D eigenvalue weighted by Gasteiger charge is -1.94. The Hall–Kier alpha value is -1.05. The van der Waals surface area contributed by atoms with E-state index in [1.54, 1.807) is 0 Å². The van der Waals surface area contributed by atoms with E-state index in [2.05, 4.69) is 16.4 Å². The minimum absolute atomic E-state index is 0.960. The molecule has 0 aliphatic carbocycles. The molecule has 2 nitrogen and oxygen atoms in total. The zero-order valence-corrected chi connectivity index (χ0v) is 6.39. The molecular weight excluding hydrogens is 124 g/mol. The summed E-state index contributed by atoms with van der Waals surface area (Å²) >= 11 is 0. The topological polar surface area (TPSA) is 24.4 Å². The molecule has 0 aromatic carbocycles. The third kappa shape index (κ3) is 1.72. The van der Waals surface area contributed by atoms with Gasteiger partial charge in [0.15, 0.2) is 0 Å². The molecule has 2 heteroatoms. The Morgan fingerprint density at radius 1 is 1.60 bits per heavy atom. The maximum Gasteiger partial charge on any atom is 0.0520 e. The van der Waals surface area contributed by atoms with Gasteiger partial charge in [-0.25, -0.2) is 0 Å². The van der Waals surface area contributed by atoms with Crippen LogP contribution in [0, 0.1) is 0 Å². The molecule has 0 fully saturated rings. The number of nitrogens with zero attached hydrogens (tertiary/aromatic N) is 1. The molecule has 0 unspecified atom stereocenters. The Morgan fingerprint density at radius 3 is 3.10 bits per heavy atom. The van der Waals surface area contributed by atoms with E-state index in [0.29, 0.717) is 0 Å². The van der Waals surface area contributed by atoms with Gasteiger partial charge >= 0.3 is 0 Å². The molecule has 0 radical (unpaired) electrons. The largest absolute Gasteiger partial charge is 0.387 e. The molecule has 0 atom stereocenters. The molecule has 1 aliphatic rings. The molecule has 0 saturated carbocycles. The first-order valence-electron chi connectivity index (χ1n) is 3.40. The first-order chi connectivity index (χ1) is 4.83. The quantitative estimate of drug-likeness (QED) is 0.580. The molecule has 1 heterocycles. The second-order valence-electron chi connectivity index (χ2n) is 2.31. The molecule has 0 saturated heterocycles. The summed E-state index contributed by atoms with van der Waals surface area (Å²) in [5, 5.41) is 3.03. The van der Waals surface area contributed by atoms with E-state index in [4.69, 9.17) is 0 Å². The van der Waals surface area contributed by atoms with E-state index in [9.17, 15) is 0 Å². The molecule has 0 aromatic rings. The van der Waals surface area contributed by atoms with Crippen LogP contribution in [-0.2, 0) is 0 Å². The maximum atomic E-state index is 4.21. The Morgan fingerprint density at radius 2 is 2.40 bits per heavy atom. The Bertz CT molecular complexity index is 199. The third-order valence-corrected chi connectivity index (χ3v) is 1.42. The summed E-state index contributed by atoms with van der Waals surface area (Å²) in [6.45, 7) is 2.03. The fourth-order valence-corrected chi connectivity index (χ4v) is 0.780. The summed E-state index contributed by atoms with van der Waals surface area (Å²) in [4.78, 5) is 4.21. The van der Waals surface area contributed by atoms with Crippen LogP contribution in [0.5, 0.6) is 0 Å². The van der Waals surface area contributed by atoms with Crippen LogP contribution >= 0.6 is 0 Å². The van der Waals surface area contributed by atoms with Gasteiger partial charge in [0.2, 0.25) is 0 Å². The van der Waals surface area contributed by atoms with Crippen LogP contribution in [0.3, 0.4) is 0 Å². The highest BCUT2D eigenvalue weighted by molar-refractivity contribution is 5.84. The first-order valence-corrected chi connectivity index (χ1v) is 3.40. The number of likely N-dealkylation sites (N-methyl/N-ethyl adjacent to an activating group) is 1. The smallest absolute Gasteiger partial charge is 0.0520 e. The van der Waals surface area contributed by atoms with Crippen molar-refractivity contribution >= 4 is 5.71 Å². The van der Waals surface area contributed by atoms with Crippen LogP contribution in [0.15, 0.2) is 29.0 Å². The molecule has 0 spiro atoms. The average Bonchev–Trinajstić information content (AvgIpc) is 2.14. The number of hydrogen-bond acceptors (Lipinski definition) is 2. The normalized spacial score (nSPS) is 17.4. The van der Waals surface area contributed by atoms with E-state index in [0.717, 1.165) is 17.8 Å². The summed E-state index contributed by atoms with van der Waals surface area (Å²) in [5.41, 5.74) is 2.22. The third-order valence-electron chi connectivity index (χ3n) is 1.42. The van der Waals surface area contributed by atoms with Crippen molar-refractivity contribution in [1.29, 1.82) is 0 Å². The van der Waals surface area contributed by atoms with Crippen molar-refractivity contribution in [2.45, 2.75) is 13.3 Å². The minimum Gasteiger partial charge on any atom is -0.387 e. The van der Waals surface area contributed by atoms with E-state index in [-0.39, 0.29) is 0 Å². The molecule has 1 N–H and O–H groups in total. The second kappa shape index (κ2) is 3.20. The molecule has 10 heavy (non-hydrogen) atoms. The Kier molecular flexibility index (Phi) is 2.26. The lowest BCUT2D eigenvalue weighted by molar-refractivity contribution is 1.02. The van der Waals surface area contributed by atoms with Crippen molar-refractivity contribution in [1.82, 2.24) is 5.32 Å². The lowest BCUT2D eigenvalue weighted by atomic mass is 10.3. The van der Waals surface area contributed by atoms with Crippen LogP contribution in [0.1, 0.15) is 13.3 Å². The van der Waals surface area contributed by atoms with Gasteiger partial charge in [-0.2, -0.15) is 0 Å². The van der Waals surface area contributed by atoms with Crippen LogP contribution in [0.2, 0.25) is 0 Å². The van der Waals surface area contributed by atoms with E-state index in [1.807, 2.05) is 26.2 Å². The van der Waals surface area contributed by atoms with Crippen LogP contribution in [0.25, 0.3) is 0 Å². The summed E-state index contributed by atoms with van der Waals surface area (Å²) in [6.07, 6.45) is 6.95. The first kappa shape index (κ1) is 7.06. The monoisotopic (exact) mass is 136 g/mol. The number of rotatable bonds is 1. The lowest BCUT2D eigenvalue weighted by Crippen LogP contribution is -2.01. The number of aliphatic imine (C=N–C) groups is 1. The highest BCUT2D eigenvalue weighted by atomic mass is 14.9. The van der Waals surface area contributed by atoms with Gasteiger partial charge in [0.25, 0.3) is 0 Å². The predicted octanol–water partition coefficient (Wildman–Crippen LogP) is 1.47. The van der Waals surface area contributed by atoms with E-state index >= 15 is 0 Å². The van der Waals surface area contributed by atoms with Gasteiger partial charge in [-0.15, -0.1) is 0 Å². The minimum atomic E-state index is 0.960. The maximum absolute atomic E-state index is 4.21. The molecule has 1 aliphatic heterocycles. The van der Waals surface area contributed by atoms with Gasteiger partial charge < -0.3 is 5.32 Å². The highest BCUT2D eigenvalue weighted by Crippen LogP contribution is 2.00. The molecule has 0 amide bonds. The summed E-state index contributed by atoms with van der Waals surface area (Å²) in [7, 11) is 1.90. The van der Waals surface area contributed by atoms with Crippen LogP contribution in [-0.4, -0.2) is 12.8 Å². The molecule has 54 valence electrons. The number of nitrogens with one attached hydrogen (secondary N) is 1. The zero-order chi connectivity index (χ0) is 7.40. The fourth-order valence-electron chi connectivity index (χ4n) is 0.780. The van der Waals surface area contributed by atoms with Crippen molar-refractivity contribution in [3.05, 3.63) is 24.0 Å². The van der Waals surface area contributed by atoms with Gasteiger partial charge in [-0.3, -0.25) is 4.99 Å². The van der Waals surface area contributed by atoms with Crippen molar-refractivity contribution < 1.29 is 0 Å².